The molecule has 0 bridgehead atoms. The Bertz CT molecular complexity index is 217. The fourth-order valence-electron chi connectivity index (χ4n) is 1.60. The van der Waals surface area contributed by atoms with Crippen molar-refractivity contribution in [2.45, 2.75) is 46.6 Å². The van der Waals surface area contributed by atoms with Crippen molar-refractivity contribution in [2.75, 3.05) is 19.7 Å². The topological polar surface area (TPSA) is 49.5 Å². The Balaban J connectivity index is 3.99. The van der Waals surface area contributed by atoms with Crippen LogP contribution >= 0.6 is 12.2 Å². The van der Waals surface area contributed by atoms with Gasteiger partial charge in [-0.15, -0.1) is 0 Å². The van der Waals surface area contributed by atoms with Gasteiger partial charge in [0.1, 0.15) is 0 Å². The largest absolute Gasteiger partial charge is 0.395 e. The average Bonchev–Trinajstić information content (AvgIpc) is 2.15. The van der Waals surface area contributed by atoms with Crippen LogP contribution in [-0.2, 0) is 0 Å². The maximum atomic E-state index is 8.95. The van der Waals surface area contributed by atoms with E-state index in [2.05, 4.69) is 32.6 Å². The van der Waals surface area contributed by atoms with Crippen LogP contribution in [0.5, 0.6) is 0 Å². The van der Waals surface area contributed by atoms with Gasteiger partial charge in [-0.1, -0.05) is 26.1 Å². The summed E-state index contributed by atoms with van der Waals surface area (Å²) in [7, 11) is 0. The summed E-state index contributed by atoms with van der Waals surface area (Å²) in [6.45, 7) is 10.4. The highest BCUT2D eigenvalue weighted by Gasteiger charge is 2.21. The molecule has 3 N–H and O–H groups in total. The molecule has 0 amide bonds. The first-order valence-corrected chi connectivity index (χ1v) is 6.37. The highest BCUT2D eigenvalue weighted by molar-refractivity contribution is 7.80. The molecule has 0 aromatic heterocycles. The Morgan fingerprint density at radius 2 is 1.94 bits per heavy atom. The molecule has 0 aromatic rings. The van der Waals surface area contributed by atoms with Gasteiger partial charge in [0.05, 0.1) is 11.6 Å². The van der Waals surface area contributed by atoms with Gasteiger partial charge >= 0.3 is 0 Å². The minimum absolute atomic E-state index is 0.0583. The normalized spacial score (nSPS) is 12.4. The van der Waals surface area contributed by atoms with E-state index >= 15 is 0 Å². The van der Waals surface area contributed by atoms with Crippen LogP contribution in [0.1, 0.15) is 40.5 Å². The predicted octanol–water partition coefficient (Wildman–Crippen LogP) is 1.78. The van der Waals surface area contributed by atoms with E-state index in [1.807, 2.05) is 0 Å². The predicted molar refractivity (Wildman–Crippen MR) is 73.6 cm³/mol. The van der Waals surface area contributed by atoms with Gasteiger partial charge in [-0.05, 0) is 33.2 Å². The van der Waals surface area contributed by atoms with E-state index in [4.69, 9.17) is 23.1 Å². The van der Waals surface area contributed by atoms with E-state index in [9.17, 15) is 0 Å². The first-order chi connectivity index (χ1) is 7.31. The number of rotatable bonds is 8. The van der Waals surface area contributed by atoms with Crippen molar-refractivity contribution in [1.29, 1.82) is 0 Å². The Hall–Kier alpha value is -0.190. The second-order valence-corrected chi connectivity index (χ2v) is 5.64. The molecule has 0 radical (unpaired) electrons. The summed E-state index contributed by atoms with van der Waals surface area (Å²) in [5, 5.41) is 8.95. The van der Waals surface area contributed by atoms with Crippen molar-refractivity contribution >= 4 is 17.2 Å². The zero-order valence-corrected chi connectivity index (χ0v) is 11.8. The summed E-state index contributed by atoms with van der Waals surface area (Å²) in [6.07, 6.45) is 2.06. The molecule has 0 fully saturated rings. The SMILES string of the molecule is CC(C)N(CCO)CCCC(C)(C)C(N)=S. The minimum Gasteiger partial charge on any atom is -0.395 e. The number of aliphatic hydroxyl groups is 1. The molecule has 0 saturated heterocycles. The fraction of sp³-hybridized carbons (Fsp3) is 0.917. The number of thiocarbonyl (C=S) groups is 1. The van der Waals surface area contributed by atoms with Crippen LogP contribution in [-0.4, -0.2) is 40.7 Å². The van der Waals surface area contributed by atoms with Crippen molar-refractivity contribution in [3.05, 3.63) is 0 Å². The minimum atomic E-state index is -0.0583. The Morgan fingerprint density at radius 1 is 1.38 bits per heavy atom. The second-order valence-electron chi connectivity index (χ2n) is 5.21. The van der Waals surface area contributed by atoms with Crippen LogP contribution in [0.25, 0.3) is 0 Å². The van der Waals surface area contributed by atoms with Crippen molar-refractivity contribution < 1.29 is 5.11 Å². The van der Waals surface area contributed by atoms with Gasteiger partial charge in [0, 0.05) is 18.0 Å². The second kappa shape index (κ2) is 7.20. The molecule has 0 rings (SSSR count). The summed E-state index contributed by atoms with van der Waals surface area (Å²) in [6, 6.07) is 0.472. The van der Waals surface area contributed by atoms with E-state index in [1.54, 1.807) is 0 Å². The van der Waals surface area contributed by atoms with Crippen LogP contribution in [0.4, 0.5) is 0 Å². The Kier molecular flexibility index (Phi) is 7.11. The molecule has 0 unspecified atom stereocenters. The highest BCUT2D eigenvalue weighted by Crippen LogP contribution is 2.22. The molecule has 4 heteroatoms. The summed E-state index contributed by atoms with van der Waals surface area (Å²) in [4.78, 5) is 2.86. The Morgan fingerprint density at radius 3 is 2.31 bits per heavy atom. The van der Waals surface area contributed by atoms with Crippen LogP contribution < -0.4 is 5.73 Å². The first kappa shape index (κ1) is 15.8. The van der Waals surface area contributed by atoms with Crippen LogP contribution in [0.2, 0.25) is 0 Å². The van der Waals surface area contributed by atoms with Gasteiger partial charge in [0.15, 0.2) is 0 Å². The van der Waals surface area contributed by atoms with Gasteiger partial charge in [-0.2, -0.15) is 0 Å². The molecule has 0 spiro atoms. The highest BCUT2D eigenvalue weighted by atomic mass is 32.1. The number of aliphatic hydroxyl groups excluding tert-OH is 1. The molecular weight excluding hydrogens is 220 g/mol. The Labute approximate surface area is 105 Å². The lowest BCUT2D eigenvalue weighted by Gasteiger charge is -2.28. The summed E-state index contributed by atoms with van der Waals surface area (Å²) in [5.74, 6) is 0. The number of hydrogen-bond donors (Lipinski definition) is 2. The van der Waals surface area contributed by atoms with E-state index in [0.29, 0.717) is 11.0 Å². The molecule has 96 valence electrons. The summed E-state index contributed by atoms with van der Waals surface area (Å²) >= 11 is 5.04. The van der Waals surface area contributed by atoms with Crippen molar-refractivity contribution in [1.82, 2.24) is 4.90 Å². The van der Waals surface area contributed by atoms with Gasteiger partial charge in [0.25, 0.3) is 0 Å². The number of nitrogens with two attached hydrogens (primary N) is 1. The molecule has 0 heterocycles. The van der Waals surface area contributed by atoms with Crippen molar-refractivity contribution in [3.8, 4) is 0 Å². The molecule has 3 nitrogen and oxygen atoms in total. The maximum Gasteiger partial charge on any atom is 0.0784 e. The third-order valence-electron chi connectivity index (χ3n) is 3.03. The summed E-state index contributed by atoms with van der Waals surface area (Å²) < 4.78 is 0. The number of nitrogens with zero attached hydrogens (tertiary/aromatic N) is 1. The number of hydrogen-bond acceptors (Lipinski definition) is 3. The molecule has 0 atom stereocenters. The van der Waals surface area contributed by atoms with Gasteiger partial charge in [0.2, 0.25) is 0 Å². The zero-order chi connectivity index (χ0) is 12.8. The lowest BCUT2D eigenvalue weighted by Crippen LogP contribution is -2.36. The van der Waals surface area contributed by atoms with Crippen molar-refractivity contribution in [2.24, 2.45) is 11.1 Å². The molecule has 0 aliphatic carbocycles. The average molecular weight is 246 g/mol. The van der Waals surface area contributed by atoms with E-state index < -0.39 is 0 Å². The third-order valence-corrected chi connectivity index (χ3v) is 3.58. The molecule has 0 aliphatic rings. The quantitative estimate of drug-likeness (QED) is 0.641. The smallest absolute Gasteiger partial charge is 0.0784 e. The maximum absolute atomic E-state index is 8.95. The third kappa shape index (κ3) is 5.77. The molecular formula is C12H26N2OS. The zero-order valence-electron chi connectivity index (χ0n) is 11.0. The van der Waals surface area contributed by atoms with Gasteiger partial charge < -0.3 is 10.8 Å². The van der Waals surface area contributed by atoms with E-state index in [1.165, 1.54) is 0 Å². The van der Waals surface area contributed by atoms with Crippen molar-refractivity contribution in [3.63, 3.8) is 0 Å². The standard InChI is InChI=1S/C12H26N2OS/c1-10(2)14(8-9-15)7-5-6-12(3,4)11(13)16/h10,15H,5-9H2,1-4H3,(H2,13,16). The molecule has 0 saturated carbocycles. The molecule has 0 aromatic carbocycles. The van der Waals surface area contributed by atoms with Gasteiger partial charge in [-0.3, -0.25) is 4.90 Å². The fourth-order valence-corrected chi connectivity index (χ4v) is 1.71. The van der Waals surface area contributed by atoms with Gasteiger partial charge in [-0.25, -0.2) is 0 Å². The first-order valence-electron chi connectivity index (χ1n) is 5.96. The van der Waals surface area contributed by atoms with E-state index in [-0.39, 0.29) is 12.0 Å². The van der Waals surface area contributed by atoms with E-state index in [0.717, 1.165) is 25.9 Å². The lowest BCUT2D eigenvalue weighted by atomic mass is 9.88. The lowest BCUT2D eigenvalue weighted by molar-refractivity contribution is 0.160. The molecule has 0 aliphatic heterocycles. The monoisotopic (exact) mass is 246 g/mol. The van der Waals surface area contributed by atoms with Crippen LogP contribution in [0.15, 0.2) is 0 Å². The molecule has 16 heavy (non-hydrogen) atoms. The van der Waals surface area contributed by atoms with Crippen LogP contribution in [0.3, 0.4) is 0 Å². The summed E-state index contributed by atoms with van der Waals surface area (Å²) in [5.41, 5.74) is 5.63. The van der Waals surface area contributed by atoms with Crippen LogP contribution in [0, 0.1) is 5.41 Å².